The molecule has 0 N–H and O–H groups in total. The Kier molecular flexibility index (Phi) is 7.60. The fourth-order valence-electron chi connectivity index (χ4n) is 3.48. The molecule has 0 heterocycles. The van der Waals surface area contributed by atoms with E-state index in [-0.39, 0.29) is 18.1 Å². The molecule has 0 fully saturated rings. The Balaban J connectivity index is 1.90. The number of carbonyl (C=O) groups excluding carboxylic acids is 1. The van der Waals surface area contributed by atoms with Gasteiger partial charge in [-0.2, -0.15) is 0 Å². The van der Waals surface area contributed by atoms with Crippen LogP contribution in [0.2, 0.25) is 0 Å². The minimum Gasteiger partial charge on any atom is -0.456 e. The number of carbonyl (C=O) groups is 1. The second-order valence-electron chi connectivity index (χ2n) is 7.29. The fourth-order valence-corrected chi connectivity index (χ4v) is 3.48. The summed E-state index contributed by atoms with van der Waals surface area (Å²) < 4.78 is 5.92. The first-order chi connectivity index (χ1) is 14.2. The molecule has 29 heavy (non-hydrogen) atoms. The molecule has 0 aliphatic rings. The SMILES string of the molecule is CCC(=O)O[C@H](c1ccccc1)[C@H](C)N(Cc1ccccc1)Cc1ccccc1. The molecule has 0 radical (unpaired) electrons. The highest BCUT2D eigenvalue weighted by Gasteiger charge is 2.28. The molecule has 0 bridgehead atoms. The highest BCUT2D eigenvalue weighted by Crippen LogP contribution is 2.28. The average molecular weight is 388 g/mol. The van der Waals surface area contributed by atoms with Crippen LogP contribution < -0.4 is 0 Å². The van der Waals surface area contributed by atoms with E-state index in [0.717, 1.165) is 18.7 Å². The predicted octanol–water partition coefficient (Wildman–Crippen LogP) is 5.77. The molecular weight excluding hydrogens is 358 g/mol. The summed E-state index contributed by atoms with van der Waals surface area (Å²) in [6.45, 7) is 5.54. The Labute approximate surface area is 174 Å². The molecule has 0 spiro atoms. The van der Waals surface area contributed by atoms with Crippen LogP contribution in [0.4, 0.5) is 0 Å². The molecule has 0 aliphatic carbocycles. The minimum absolute atomic E-state index is 0.00770. The summed E-state index contributed by atoms with van der Waals surface area (Å²) in [5, 5.41) is 0. The van der Waals surface area contributed by atoms with E-state index in [2.05, 4.69) is 60.4 Å². The summed E-state index contributed by atoms with van der Waals surface area (Å²) in [5.74, 6) is -0.176. The van der Waals surface area contributed by atoms with Crippen molar-refractivity contribution in [3.05, 3.63) is 108 Å². The van der Waals surface area contributed by atoms with Gasteiger partial charge >= 0.3 is 5.97 Å². The summed E-state index contributed by atoms with van der Waals surface area (Å²) in [5.41, 5.74) is 3.50. The number of nitrogens with zero attached hydrogens (tertiary/aromatic N) is 1. The van der Waals surface area contributed by atoms with Crippen LogP contribution in [-0.2, 0) is 22.6 Å². The van der Waals surface area contributed by atoms with Crippen molar-refractivity contribution in [2.24, 2.45) is 0 Å². The van der Waals surface area contributed by atoms with E-state index >= 15 is 0 Å². The first-order valence-corrected chi connectivity index (χ1v) is 10.2. The van der Waals surface area contributed by atoms with Crippen molar-refractivity contribution in [1.29, 1.82) is 0 Å². The molecule has 0 aliphatic heterocycles. The van der Waals surface area contributed by atoms with Gasteiger partial charge in [-0.05, 0) is 23.6 Å². The first-order valence-electron chi connectivity index (χ1n) is 10.2. The number of hydrogen-bond acceptors (Lipinski definition) is 3. The maximum absolute atomic E-state index is 12.2. The van der Waals surface area contributed by atoms with Crippen molar-refractivity contribution in [2.75, 3.05) is 0 Å². The number of hydrogen-bond donors (Lipinski definition) is 0. The molecule has 3 rings (SSSR count). The normalized spacial score (nSPS) is 13.1. The smallest absolute Gasteiger partial charge is 0.306 e. The molecule has 0 unspecified atom stereocenters. The van der Waals surface area contributed by atoms with Gasteiger partial charge in [0.05, 0.1) is 0 Å². The summed E-state index contributed by atoms with van der Waals surface area (Å²) in [4.78, 5) is 14.6. The van der Waals surface area contributed by atoms with E-state index in [9.17, 15) is 4.79 Å². The van der Waals surface area contributed by atoms with Gasteiger partial charge in [0.25, 0.3) is 0 Å². The van der Waals surface area contributed by atoms with Gasteiger partial charge in [-0.25, -0.2) is 0 Å². The van der Waals surface area contributed by atoms with Crippen molar-refractivity contribution in [1.82, 2.24) is 4.90 Å². The summed E-state index contributed by atoms with van der Waals surface area (Å²) in [7, 11) is 0. The fraction of sp³-hybridized carbons (Fsp3) is 0.269. The van der Waals surface area contributed by atoms with Gasteiger partial charge in [0.2, 0.25) is 0 Å². The zero-order chi connectivity index (χ0) is 20.5. The van der Waals surface area contributed by atoms with E-state index in [1.165, 1.54) is 11.1 Å². The van der Waals surface area contributed by atoms with Crippen LogP contribution in [0.3, 0.4) is 0 Å². The summed E-state index contributed by atoms with van der Waals surface area (Å²) >= 11 is 0. The second-order valence-corrected chi connectivity index (χ2v) is 7.29. The first kappa shape index (κ1) is 20.8. The number of rotatable bonds is 9. The third-order valence-electron chi connectivity index (χ3n) is 5.15. The Morgan fingerprint density at radius 3 is 1.69 bits per heavy atom. The molecule has 0 amide bonds. The van der Waals surface area contributed by atoms with Crippen LogP contribution in [0.1, 0.15) is 43.1 Å². The molecule has 3 nitrogen and oxygen atoms in total. The Hall–Kier alpha value is -2.91. The van der Waals surface area contributed by atoms with Gasteiger partial charge in [-0.3, -0.25) is 9.69 Å². The maximum Gasteiger partial charge on any atom is 0.306 e. The van der Waals surface area contributed by atoms with Gasteiger partial charge in [0.15, 0.2) is 0 Å². The zero-order valence-corrected chi connectivity index (χ0v) is 17.2. The molecule has 3 aromatic carbocycles. The van der Waals surface area contributed by atoms with Crippen LogP contribution >= 0.6 is 0 Å². The highest BCUT2D eigenvalue weighted by atomic mass is 16.5. The predicted molar refractivity (Wildman–Crippen MR) is 117 cm³/mol. The van der Waals surface area contributed by atoms with Crippen molar-refractivity contribution >= 4 is 5.97 Å². The third kappa shape index (κ3) is 6.03. The van der Waals surface area contributed by atoms with E-state index in [0.29, 0.717) is 6.42 Å². The van der Waals surface area contributed by atoms with Crippen LogP contribution in [0, 0.1) is 0 Å². The quantitative estimate of drug-likeness (QED) is 0.436. The average Bonchev–Trinajstić information content (AvgIpc) is 2.78. The number of benzene rings is 3. The van der Waals surface area contributed by atoms with E-state index < -0.39 is 0 Å². The lowest BCUT2D eigenvalue weighted by atomic mass is 10.0. The molecule has 3 heteroatoms. The van der Waals surface area contributed by atoms with Gasteiger partial charge in [-0.15, -0.1) is 0 Å². The lowest BCUT2D eigenvalue weighted by molar-refractivity contribution is -0.153. The van der Waals surface area contributed by atoms with Crippen LogP contribution in [0.5, 0.6) is 0 Å². The molecule has 0 saturated heterocycles. The Bertz CT molecular complexity index is 823. The summed E-state index contributed by atoms with van der Waals surface area (Å²) in [6.07, 6.45) is 0.0454. The van der Waals surface area contributed by atoms with Gasteiger partial charge in [0.1, 0.15) is 6.10 Å². The van der Waals surface area contributed by atoms with Gasteiger partial charge in [-0.1, -0.05) is 97.9 Å². The van der Waals surface area contributed by atoms with Crippen molar-refractivity contribution in [3.8, 4) is 0 Å². The van der Waals surface area contributed by atoms with Gasteiger partial charge < -0.3 is 4.74 Å². The van der Waals surface area contributed by atoms with Crippen LogP contribution in [-0.4, -0.2) is 16.9 Å². The largest absolute Gasteiger partial charge is 0.456 e. The third-order valence-corrected chi connectivity index (χ3v) is 5.15. The number of esters is 1. The number of ether oxygens (including phenoxy) is 1. The Morgan fingerprint density at radius 1 is 0.793 bits per heavy atom. The van der Waals surface area contributed by atoms with Crippen molar-refractivity contribution < 1.29 is 9.53 Å². The lowest BCUT2D eigenvalue weighted by Gasteiger charge is -2.35. The Morgan fingerprint density at radius 2 is 1.24 bits per heavy atom. The standard InChI is InChI=1S/C26H29NO2/c1-3-25(28)29-26(24-17-11-6-12-18-24)21(2)27(19-22-13-7-4-8-14-22)20-23-15-9-5-10-16-23/h4-18,21,26H,3,19-20H2,1-2H3/t21-,26-/m0/s1. The molecule has 2 atom stereocenters. The molecule has 3 aromatic rings. The monoisotopic (exact) mass is 387 g/mol. The maximum atomic E-state index is 12.2. The second kappa shape index (κ2) is 10.6. The van der Waals surface area contributed by atoms with Crippen LogP contribution in [0.25, 0.3) is 0 Å². The summed E-state index contributed by atoms with van der Waals surface area (Å²) in [6, 6.07) is 30.9. The van der Waals surface area contributed by atoms with E-state index in [1.807, 2.05) is 49.4 Å². The van der Waals surface area contributed by atoms with Crippen molar-refractivity contribution in [3.63, 3.8) is 0 Å². The molecule has 0 saturated carbocycles. The molecule has 0 aromatic heterocycles. The van der Waals surface area contributed by atoms with E-state index in [1.54, 1.807) is 0 Å². The molecular formula is C26H29NO2. The van der Waals surface area contributed by atoms with Crippen molar-refractivity contribution in [2.45, 2.75) is 45.5 Å². The topological polar surface area (TPSA) is 29.5 Å². The zero-order valence-electron chi connectivity index (χ0n) is 17.2. The highest BCUT2D eigenvalue weighted by molar-refractivity contribution is 5.69. The molecule has 150 valence electrons. The minimum atomic E-state index is -0.323. The van der Waals surface area contributed by atoms with E-state index in [4.69, 9.17) is 4.74 Å². The van der Waals surface area contributed by atoms with Crippen LogP contribution in [0.15, 0.2) is 91.0 Å². The lowest BCUT2D eigenvalue weighted by Crippen LogP contribution is -2.38. The van der Waals surface area contributed by atoms with Gasteiger partial charge in [0, 0.05) is 25.6 Å².